The molecule has 0 aliphatic carbocycles. The fraction of sp³-hybridized carbons (Fsp3) is 0.737. The number of carbonyl (C=O) groups is 1. The summed E-state index contributed by atoms with van der Waals surface area (Å²) in [6.07, 6.45) is 7.38. The number of piperidine rings is 1. The van der Waals surface area contributed by atoms with Crippen molar-refractivity contribution < 1.29 is 4.79 Å². The lowest BCUT2D eigenvalue weighted by Gasteiger charge is -2.36. The molecule has 5 heteroatoms. The first-order valence-corrected chi connectivity index (χ1v) is 9.58. The van der Waals surface area contributed by atoms with Crippen LogP contribution in [-0.4, -0.2) is 77.5 Å². The summed E-state index contributed by atoms with van der Waals surface area (Å²) in [5.41, 5.74) is 0. The first kappa shape index (κ1) is 17.5. The van der Waals surface area contributed by atoms with Gasteiger partial charge >= 0.3 is 0 Å². The molecule has 0 spiro atoms. The topological polar surface area (TPSA) is 31.7 Å². The van der Waals surface area contributed by atoms with Crippen molar-refractivity contribution in [2.24, 2.45) is 5.92 Å². The van der Waals surface area contributed by atoms with Gasteiger partial charge in [-0.3, -0.25) is 9.69 Å². The van der Waals surface area contributed by atoms with Crippen molar-refractivity contribution >= 4 is 5.91 Å². The maximum atomic E-state index is 12.6. The molecule has 2 saturated heterocycles. The van der Waals surface area contributed by atoms with Gasteiger partial charge in [-0.05, 0) is 50.5 Å². The molecule has 24 heavy (non-hydrogen) atoms. The van der Waals surface area contributed by atoms with Crippen LogP contribution in [0, 0.1) is 5.92 Å². The van der Waals surface area contributed by atoms with Gasteiger partial charge in [0, 0.05) is 58.1 Å². The first-order chi connectivity index (χ1) is 11.7. The van der Waals surface area contributed by atoms with Crippen LogP contribution in [-0.2, 0) is 11.3 Å². The Hall–Kier alpha value is -1.33. The molecule has 0 atom stereocenters. The van der Waals surface area contributed by atoms with Gasteiger partial charge in [0.05, 0.1) is 0 Å². The highest BCUT2D eigenvalue weighted by atomic mass is 16.2. The molecule has 3 heterocycles. The summed E-state index contributed by atoms with van der Waals surface area (Å²) in [6, 6.07) is 4.14. The van der Waals surface area contributed by atoms with E-state index in [1.54, 1.807) is 0 Å². The molecule has 5 nitrogen and oxygen atoms in total. The van der Waals surface area contributed by atoms with Gasteiger partial charge in [-0.15, -0.1) is 0 Å². The molecule has 1 amide bonds. The predicted molar refractivity (Wildman–Crippen MR) is 96.9 cm³/mol. The van der Waals surface area contributed by atoms with Gasteiger partial charge in [-0.2, -0.15) is 0 Å². The lowest BCUT2D eigenvalue weighted by molar-refractivity contribution is -0.134. The third-order valence-corrected chi connectivity index (χ3v) is 5.68. The van der Waals surface area contributed by atoms with Crippen LogP contribution in [0.1, 0.15) is 26.2 Å². The summed E-state index contributed by atoms with van der Waals surface area (Å²) in [7, 11) is 0. The monoisotopic (exact) mass is 332 g/mol. The molecule has 0 N–H and O–H groups in total. The molecule has 3 rings (SSSR count). The first-order valence-electron chi connectivity index (χ1n) is 9.58. The van der Waals surface area contributed by atoms with Crippen molar-refractivity contribution in [1.82, 2.24) is 19.3 Å². The van der Waals surface area contributed by atoms with Crippen molar-refractivity contribution in [2.45, 2.75) is 32.7 Å². The van der Waals surface area contributed by atoms with E-state index in [0.29, 0.717) is 11.8 Å². The number of hydrogen-bond donors (Lipinski definition) is 0. The normalized spacial score (nSPS) is 21.3. The van der Waals surface area contributed by atoms with E-state index in [1.165, 1.54) is 25.9 Å². The standard InChI is InChI=1S/C19H32N4O/c1-2-20-9-5-18(6-10-20)17-19(24)23-15-13-22(14-16-23)12-11-21-7-3-4-8-21/h3-4,7-8,18H,2,5-6,9-17H2,1H3. The molecule has 1 aromatic heterocycles. The molecule has 0 saturated carbocycles. The zero-order valence-corrected chi connectivity index (χ0v) is 15.1. The van der Waals surface area contributed by atoms with E-state index in [-0.39, 0.29) is 0 Å². The van der Waals surface area contributed by atoms with Crippen LogP contribution in [0.5, 0.6) is 0 Å². The Morgan fingerprint density at radius 3 is 2.21 bits per heavy atom. The second-order valence-electron chi connectivity index (χ2n) is 7.23. The molecule has 0 bridgehead atoms. The van der Waals surface area contributed by atoms with Gasteiger partial charge in [0.25, 0.3) is 0 Å². The molecule has 2 aliphatic heterocycles. The SMILES string of the molecule is CCN1CCC(CC(=O)N2CCN(CCn3cccc3)CC2)CC1. The number of carbonyl (C=O) groups excluding carboxylic acids is 1. The van der Waals surface area contributed by atoms with E-state index in [0.717, 1.165) is 52.2 Å². The van der Waals surface area contributed by atoms with E-state index in [9.17, 15) is 4.79 Å². The van der Waals surface area contributed by atoms with Crippen LogP contribution in [0.4, 0.5) is 0 Å². The molecule has 2 fully saturated rings. The number of aromatic nitrogens is 1. The van der Waals surface area contributed by atoms with Gasteiger partial charge in [0.1, 0.15) is 0 Å². The van der Waals surface area contributed by atoms with Crippen molar-refractivity contribution in [3.8, 4) is 0 Å². The second-order valence-corrected chi connectivity index (χ2v) is 7.23. The molecule has 2 aliphatic rings. The number of piperazine rings is 1. The maximum absolute atomic E-state index is 12.6. The summed E-state index contributed by atoms with van der Waals surface area (Å²) in [6.45, 7) is 11.7. The van der Waals surface area contributed by atoms with Crippen molar-refractivity contribution in [3.05, 3.63) is 24.5 Å². The summed E-state index contributed by atoms with van der Waals surface area (Å²) in [5, 5.41) is 0. The van der Waals surface area contributed by atoms with E-state index in [2.05, 4.69) is 50.7 Å². The van der Waals surface area contributed by atoms with E-state index >= 15 is 0 Å². The highest BCUT2D eigenvalue weighted by Crippen LogP contribution is 2.21. The summed E-state index contributed by atoms with van der Waals surface area (Å²) in [4.78, 5) is 19.6. The third kappa shape index (κ3) is 4.84. The Kier molecular flexibility index (Phi) is 6.32. The Morgan fingerprint density at radius 2 is 1.58 bits per heavy atom. The Labute approximate surface area is 146 Å². The zero-order valence-electron chi connectivity index (χ0n) is 15.1. The smallest absolute Gasteiger partial charge is 0.222 e. The summed E-state index contributed by atoms with van der Waals surface area (Å²) in [5.74, 6) is 0.988. The highest BCUT2D eigenvalue weighted by Gasteiger charge is 2.25. The molecule has 0 radical (unpaired) electrons. The minimum atomic E-state index is 0.384. The molecule has 1 aromatic rings. The second kappa shape index (κ2) is 8.67. The number of nitrogens with zero attached hydrogens (tertiary/aromatic N) is 4. The summed E-state index contributed by atoms with van der Waals surface area (Å²) < 4.78 is 2.22. The lowest BCUT2D eigenvalue weighted by atomic mass is 9.93. The van der Waals surface area contributed by atoms with Crippen LogP contribution < -0.4 is 0 Å². The van der Waals surface area contributed by atoms with Crippen molar-refractivity contribution in [1.29, 1.82) is 0 Å². The quantitative estimate of drug-likeness (QED) is 0.795. The zero-order chi connectivity index (χ0) is 16.8. The lowest BCUT2D eigenvalue weighted by Crippen LogP contribution is -2.49. The number of amides is 1. The third-order valence-electron chi connectivity index (χ3n) is 5.68. The van der Waals surface area contributed by atoms with E-state index < -0.39 is 0 Å². The number of rotatable bonds is 6. The average Bonchev–Trinajstić information content (AvgIpc) is 3.14. The number of hydrogen-bond acceptors (Lipinski definition) is 3. The van der Waals surface area contributed by atoms with Crippen LogP contribution in [0.2, 0.25) is 0 Å². The fourth-order valence-corrected chi connectivity index (χ4v) is 3.88. The van der Waals surface area contributed by atoms with Crippen LogP contribution in [0.25, 0.3) is 0 Å². The van der Waals surface area contributed by atoms with Gasteiger partial charge in [0.15, 0.2) is 0 Å². The molecule has 0 unspecified atom stereocenters. The van der Waals surface area contributed by atoms with Crippen molar-refractivity contribution in [2.75, 3.05) is 52.4 Å². The largest absolute Gasteiger partial charge is 0.353 e. The fourth-order valence-electron chi connectivity index (χ4n) is 3.88. The minimum absolute atomic E-state index is 0.384. The Bertz CT molecular complexity index is 485. The van der Waals surface area contributed by atoms with Crippen LogP contribution in [0.3, 0.4) is 0 Å². The van der Waals surface area contributed by atoms with E-state index in [1.807, 2.05) is 0 Å². The van der Waals surface area contributed by atoms with E-state index in [4.69, 9.17) is 0 Å². The predicted octanol–water partition coefficient (Wildman–Crippen LogP) is 1.75. The van der Waals surface area contributed by atoms with Crippen LogP contribution >= 0.6 is 0 Å². The molecule has 134 valence electrons. The highest BCUT2D eigenvalue weighted by molar-refractivity contribution is 5.76. The minimum Gasteiger partial charge on any atom is -0.353 e. The molecular weight excluding hydrogens is 300 g/mol. The molecule has 0 aromatic carbocycles. The Balaban J connectivity index is 1.34. The van der Waals surface area contributed by atoms with Gasteiger partial charge in [-0.1, -0.05) is 6.92 Å². The molecular formula is C19H32N4O. The number of likely N-dealkylation sites (tertiary alicyclic amines) is 1. The Morgan fingerprint density at radius 1 is 0.917 bits per heavy atom. The van der Waals surface area contributed by atoms with Gasteiger partial charge in [-0.25, -0.2) is 0 Å². The maximum Gasteiger partial charge on any atom is 0.222 e. The van der Waals surface area contributed by atoms with Crippen LogP contribution in [0.15, 0.2) is 24.5 Å². The summed E-state index contributed by atoms with van der Waals surface area (Å²) >= 11 is 0. The van der Waals surface area contributed by atoms with Gasteiger partial charge < -0.3 is 14.4 Å². The average molecular weight is 332 g/mol. The van der Waals surface area contributed by atoms with Crippen molar-refractivity contribution in [3.63, 3.8) is 0 Å². The van der Waals surface area contributed by atoms with Gasteiger partial charge in [0.2, 0.25) is 5.91 Å².